The number of hydrogen-bond donors (Lipinski definition) is 0. The third-order valence-corrected chi connectivity index (χ3v) is 4.29. The van der Waals surface area contributed by atoms with Crippen molar-refractivity contribution in [3.63, 3.8) is 0 Å². The van der Waals surface area contributed by atoms with Crippen LogP contribution in [-0.4, -0.2) is 0 Å². The molecule has 0 amide bonds. The Balaban J connectivity index is 1.65. The Morgan fingerprint density at radius 3 is 2.35 bits per heavy atom. The highest BCUT2D eigenvalue weighted by atomic mass is 14.3. The van der Waals surface area contributed by atoms with Crippen LogP contribution in [0.2, 0.25) is 0 Å². The Bertz CT molecular complexity index is 551. The summed E-state index contributed by atoms with van der Waals surface area (Å²) in [5.41, 5.74) is 4.60. The number of allylic oxidation sites excluding steroid dienone is 2. The third-order valence-electron chi connectivity index (χ3n) is 4.29. The highest BCUT2D eigenvalue weighted by Crippen LogP contribution is 2.39. The van der Waals surface area contributed by atoms with Gasteiger partial charge in [-0.15, -0.1) is 0 Å². The maximum Gasteiger partial charge on any atom is 0.00482 e. The van der Waals surface area contributed by atoms with Crippen LogP contribution in [0.15, 0.2) is 72.3 Å². The van der Waals surface area contributed by atoms with E-state index in [1.165, 1.54) is 36.8 Å². The second-order valence-electron chi connectivity index (χ2n) is 5.66. The summed E-state index contributed by atoms with van der Waals surface area (Å²) in [7, 11) is 0. The van der Waals surface area contributed by atoms with Crippen molar-refractivity contribution in [3.05, 3.63) is 83.4 Å². The first kappa shape index (κ1) is 13.2. The van der Waals surface area contributed by atoms with Crippen LogP contribution in [0.1, 0.15) is 42.7 Å². The second kappa shape index (κ2) is 6.56. The van der Waals surface area contributed by atoms with Crippen LogP contribution in [0.25, 0.3) is 0 Å². The average molecular weight is 262 g/mol. The largest absolute Gasteiger partial charge is 0.0844 e. The molecule has 20 heavy (non-hydrogen) atoms. The van der Waals surface area contributed by atoms with Gasteiger partial charge in [0.2, 0.25) is 0 Å². The number of aryl methyl sites for hydroxylation is 1. The fourth-order valence-corrected chi connectivity index (χ4v) is 3.25. The zero-order chi connectivity index (χ0) is 13.6. The number of hydrogen-bond acceptors (Lipinski definition) is 0. The van der Waals surface area contributed by atoms with E-state index in [-0.39, 0.29) is 0 Å². The summed E-state index contributed by atoms with van der Waals surface area (Å²) in [5, 5.41) is 0. The number of benzene rings is 2. The highest BCUT2D eigenvalue weighted by molar-refractivity contribution is 5.31. The first-order valence-electron chi connectivity index (χ1n) is 7.71. The average Bonchev–Trinajstić information content (AvgIpc) is 2.98. The molecule has 1 saturated carbocycles. The summed E-state index contributed by atoms with van der Waals surface area (Å²) in [5.74, 6) is 0.673. The predicted octanol–water partition coefficient (Wildman–Crippen LogP) is 5.51. The van der Waals surface area contributed by atoms with Crippen LogP contribution in [0.4, 0.5) is 0 Å². The van der Waals surface area contributed by atoms with Crippen LogP contribution in [0.3, 0.4) is 0 Å². The molecule has 1 aliphatic carbocycles. The van der Waals surface area contributed by atoms with Crippen LogP contribution < -0.4 is 0 Å². The van der Waals surface area contributed by atoms with E-state index in [9.17, 15) is 0 Å². The minimum absolute atomic E-state index is 0.673. The van der Waals surface area contributed by atoms with Crippen LogP contribution in [0.5, 0.6) is 0 Å². The summed E-state index contributed by atoms with van der Waals surface area (Å²) in [6.45, 7) is 0. The zero-order valence-corrected chi connectivity index (χ0v) is 12.0. The van der Waals surface area contributed by atoms with E-state index in [4.69, 9.17) is 0 Å². The molecule has 0 aliphatic heterocycles. The highest BCUT2D eigenvalue weighted by Gasteiger charge is 2.21. The molecule has 0 spiro atoms. The van der Waals surface area contributed by atoms with Gasteiger partial charge >= 0.3 is 0 Å². The van der Waals surface area contributed by atoms with E-state index < -0.39 is 0 Å². The number of rotatable bonds is 4. The third kappa shape index (κ3) is 3.19. The van der Waals surface area contributed by atoms with Crippen LogP contribution in [-0.2, 0) is 6.42 Å². The molecular weight excluding hydrogens is 240 g/mol. The van der Waals surface area contributed by atoms with Gasteiger partial charge in [0.05, 0.1) is 0 Å². The zero-order valence-electron chi connectivity index (χ0n) is 12.0. The van der Waals surface area contributed by atoms with E-state index in [1.54, 1.807) is 5.57 Å². The van der Waals surface area contributed by atoms with Gasteiger partial charge in [-0.2, -0.15) is 0 Å². The molecule has 2 aromatic rings. The predicted molar refractivity (Wildman–Crippen MR) is 85.9 cm³/mol. The Kier molecular flexibility index (Phi) is 4.32. The van der Waals surface area contributed by atoms with Gasteiger partial charge in [-0.25, -0.2) is 0 Å². The minimum atomic E-state index is 0.673. The molecule has 0 saturated heterocycles. The second-order valence-corrected chi connectivity index (χ2v) is 5.66. The molecule has 0 N–H and O–H groups in total. The summed E-state index contributed by atoms with van der Waals surface area (Å²) >= 11 is 0. The van der Waals surface area contributed by atoms with Gasteiger partial charge < -0.3 is 0 Å². The molecule has 2 aromatic carbocycles. The van der Waals surface area contributed by atoms with Gasteiger partial charge in [-0.1, -0.05) is 72.3 Å². The van der Waals surface area contributed by atoms with Gasteiger partial charge in [-0.05, 0) is 43.2 Å². The Hall–Kier alpha value is -1.82. The van der Waals surface area contributed by atoms with E-state index in [0.717, 1.165) is 6.42 Å². The van der Waals surface area contributed by atoms with Crippen molar-refractivity contribution in [2.45, 2.75) is 38.0 Å². The molecule has 0 bridgehead atoms. The normalized spacial score (nSPS) is 20.4. The SMILES string of the molecule is C(/CCc1ccccc1)=C1/CCCC1c1ccccc1. The molecule has 0 aromatic heterocycles. The lowest BCUT2D eigenvalue weighted by atomic mass is 9.92. The summed E-state index contributed by atoms with van der Waals surface area (Å²) in [4.78, 5) is 0. The lowest BCUT2D eigenvalue weighted by Gasteiger charge is -2.12. The molecule has 1 atom stereocenters. The maximum absolute atomic E-state index is 2.50. The van der Waals surface area contributed by atoms with E-state index >= 15 is 0 Å². The van der Waals surface area contributed by atoms with Crippen LogP contribution >= 0.6 is 0 Å². The Labute approximate surface area is 122 Å². The van der Waals surface area contributed by atoms with Gasteiger partial charge in [-0.3, -0.25) is 0 Å². The summed E-state index contributed by atoms with van der Waals surface area (Å²) in [6.07, 6.45) is 8.78. The standard InChI is InChI=1S/C20H22/c1-3-9-17(10-4-1)11-7-14-19-15-8-16-20(19)18-12-5-2-6-13-18/h1-6,9-10,12-14,20H,7-8,11,15-16H2/b19-14+. The van der Waals surface area contributed by atoms with E-state index in [2.05, 4.69) is 66.7 Å². The van der Waals surface area contributed by atoms with E-state index in [0.29, 0.717) is 5.92 Å². The fourth-order valence-electron chi connectivity index (χ4n) is 3.25. The van der Waals surface area contributed by atoms with Crippen molar-refractivity contribution in [2.24, 2.45) is 0 Å². The molecule has 0 heteroatoms. The smallest absolute Gasteiger partial charge is 0.00482 e. The molecule has 3 rings (SSSR count). The van der Waals surface area contributed by atoms with E-state index in [1.807, 2.05) is 0 Å². The summed E-state index contributed by atoms with van der Waals surface area (Å²) in [6, 6.07) is 21.8. The lowest BCUT2D eigenvalue weighted by molar-refractivity contribution is 0.789. The Morgan fingerprint density at radius 1 is 0.900 bits per heavy atom. The fraction of sp³-hybridized carbons (Fsp3) is 0.300. The van der Waals surface area contributed by atoms with Crippen molar-refractivity contribution in [1.29, 1.82) is 0 Å². The first-order chi connectivity index (χ1) is 9.93. The lowest BCUT2D eigenvalue weighted by Crippen LogP contribution is -1.95. The van der Waals surface area contributed by atoms with Crippen molar-refractivity contribution < 1.29 is 0 Å². The molecule has 1 aliphatic rings. The Morgan fingerprint density at radius 2 is 1.60 bits per heavy atom. The van der Waals surface area contributed by atoms with Crippen molar-refractivity contribution in [2.75, 3.05) is 0 Å². The minimum Gasteiger partial charge on any atom is -0.0844 e. The topological polar surface area (TPSA) is 0 Å². The quantitative estimate of drug-likeness (QED) is 0.637. The van der Waals surface area contributed by atoms with Gasteiger partial charge in [0, 0.05) is 5.92 Å². The van der Waals surface area contributed by atoms with Gasteiger partial charge in [0.25, 0.3) is 0 Å². The molecule has 0 heterocycles. The van der Waals surface area contributed by atoms with Gasteiger partial charge in [0.15, 0.2) is 0 Å². The molecule has 1 fully saturated rings. The molecule has 102 valence electrons. The first-order valence-corrected chi connectivity index (χ1v) is 7.71. The monoisotopic (exact) mass is 262 g/mol. The molecule has 0 radical (unpaired) electrons. The molecule has 1 unspecified atom stereocenters. The van der Waals surface area contributed by atoms with Gasteiger partial charge in [0.1, 0.15) is 0 Å². The summed E-state index contributed by atoms with van der Waals surface area (Å²) < 4.78 is 0. The molecule has 0 nitrogen and oxygen atoms in total. The van der Waals surface area contributed by atoms with Crippen LogP contribution in [0, 0.1) is 0 Å². The maximum atomic E-state index is 2.50. The van der Waals surface area contributed by atoms with Crippen molar-refractivity contribution in [3.8, 4) is 0 Å². The molecular formula is C20H22. The van der Waals surface area contributed by atoms with Crippen molar-refractivity contribution >= 4 is 0 Å². The van der Waals surface area contributed by atoms with Crippen molar-refractivity contribution in [1.82, 2.24) is 0 Å².